The summed E-state index contributed by atoms with van der Waals surface area (Å²) in [5.74, 6) is 0. The molecular formula is C12H13N3O. The Kier molecular flexibility index (Phi) is 3.85. The van der Waals surface area contributed by atoms with Gasteiger partial charge in [-0.15, -0.1) is 0 Å². The third kappa shape index (κ3) is 2.29. The minimum absolute atomic E-state index is 0.197. The summed E-state index contributed by atoms with van der Waals surface area (Å²) >= 11 is 0. The number of aryl methyl sites for hydroxylation is 2. The maximum atomic E-state index is 11.9. The Morgan fingerprint density at radius 1 is 1.38 bits per heavy atom. The Labute approximate surface area is 94.4 Å². The summed E-state index contributed by atoms with van der Waals surface area (Å²) in [6.07, 6.45) is 1.05. The molecule has 0 unspecified atom stereocenters. The summed E-state index contributed by atoms with van der Waals surface area (Å²) in [5.41, 5.74) is 1.49. The number of nitrogens with zero attached hydrogens (tertiary/aromatic N) is 3. The van der Waals surface area contributed by atoms with Gasteiger partial charge >= 0.3 is 0 Å². The van der Waals surface area contributed by atoms with Gasteiger partial charge in [0.05, 0.1) is 6.07 Å². The summed E-state index contributed by atoms with van der Waals surface area (Å²) in [6, 6.07) is 5.79. The van der Waals surface area contributed by atoms with E-state index in [1.165, 1.54) is 0 Å². The van der Waals surface area contributed by atoms with Crippen molar-refractivity contribution in [3.05, 3.63) is 33.2 Å². The lowest BCUT2D eigenvalue weighted by Gasteiger charge is -2.10. The van der Waals surface area contributed by atoms with Gasteiger partial charge in [0.15, 0.2) is 0 Å². The number of hydrogen-bond donors (Lipinski definition) is 0. The van der Waals surface area contributed by atoms with Crippen LogP contribution in [-0.2, 0) is 6.54 Å². The van der Waals surface area contributed by atoms with Gasteiger partial charge in [-0.25, -0.2) is 0 Å². The van der Waals surface area contributed by atoms with Crippen molar-refractivity contribution in [3.63, 3.8) is 0 Å². The zero-order valence-corrected chi connectivity index (χ0v) is 9.45. The topological polar surface area (TPSA) is 69.6 Å². The Bertz CT molecular complexity index is 529. The van der Waals surface area contributed by atoms with Crippen molar-refractivity contribution in [2.45, 2.75) is 33.2 Å². The Hall–Kier alpha value is -2.07. The van der Waals surface area contributed by atoms with E-state index in [-0.39, 0.29) is 11.1 Å². The van der Waals surface area contributed by atoms with E-state index in [0.717, 1.165) is 5.69 Å². The van der Waals surface area contributed by atoms with E-state index >= 15 is 0 Å². The third-order valence-corrected chi connectivity index (χ3v) is 2.49. The number of pyridine rings is 1. The first-order valence-corrected chi connectivity index (χ1v) is 5.10. The van der Waals surface area contributed by atoms with Crippen molar-refractivity contribution < 1.29 is 0 Å². The van der Waals surface area contributed by atoms with Crippen LogP contribution in [0.3, 0.4) is 0 Å². The van der Waals surface area contributed by atoms with Crippen LogP contribution in [0, 0.1) is 36.5 Å². The Morgan fingerprint density at radius 3 is 2.62 bits per heavy atom. The highest BCUT2D eigenvalue weighted by Crippen LogP contribution is 2.06. The average Bonchev–Trinajstić information content (AvgIpc) is 2.23. The van der Waals surface area contributed by atoms with E-state index in [4.69, 9.17) is 10.5 Å². The lowest BCUT2D eigenvalue weighted by Crippen LogP contribution is -2.25. The molecule has 1 heterocycles. The SMILES string of the molecule is Cc1cc(C)n(CCCC#N)c(=O)c1C#N. The fourth-order valence-electron chi connectivity index (χ4n) is 1.66. The van der Waals surface area contributed by atoms with E-state index < -0.39 is 0 Å². The fourth-order valence-corrected chi connectivity index (χ4v) is 1.66. The van der Waals surface area contributed by atoms with Gasteiger partial charge in [-0.3, -0.25) is 4.79 Å². The molecule has 0 aliphatic heterocycles. The fraction of sp³-hybridized carbons (Fsp3) is 0.417. The van der Waals surface area contributed by atoms with Gasteiger partial charge in [0, 0.05) is 18.7 Å². The van der Waals surface area contributed by atoms with Gasteiger partial charge in [0.2, 0.25) is 0 Å². The van der Waals surface area contributed by atoms with Crippen LogP contribution in [0.15, 0.2) is 10.9 Å². The second kappa shape index (κ2) is 5.14. The summed E-state index contributed by atoms with van der Waals surface area (Å²) in [6.45, 7) is 4.09. The molecule has 0 bridgehead atoms. The van der Waals surface area contributed by atoms with Crippen LogP contribution in [0.2, 0.25) is 0 Å². The highest BCUT2D eigenvalue weighted by molar-refractivity contribution is 5.36. The molecule has 1 rings (SSSR count). The minimum Gasteiger partial charge on any atom is -0.312 e. The van der Waals surface area contributed by atoms with Crippen LogP contribution in [0.1, 0.15) is 29.7 Å². The van der Waals surface area contributed by atoms with Crippen LogP contribution in [0.25, 0.3) is 0 Å². The molecule has 4 nitrogen and oxygen atoms in total. The molecule has 0 aromatic carbocycles. The minimum atomic E-state index is -0.252. The molecule has 0 saturated heterocycles. The highest BCUT2D eigenvalue weighted by Gasteiger charge is 2.09. The monoisotopic (exact) mass is 215 g/mol. The Morgan fingerprint density at radius 2 is 2.06 bits per heavy atom. The zero-order valence-electron chi connectivity index (χ0n) is 9.45. The van der Waals surface area contributed by atoms with Crippen LogP contribution in [0.5, 0.6) is 0 Å². The molecule has 0 amide bonds. The molecule has 16 heavy (non-hydrogen) atoms. The lowest BCUT2D eigenvalue weighted by atomic mass is 10.1. The summed E-state index contributed by atoms with van der Waals surface area (Å²) in [7, 11) is 0. The number of aromatic nitrogens is 1. The van der Waals surface area contributed by atoms with Gasteiger partial charge in [-0.2, -0.15) is 10.5 Å². The molecule has 4 heteroatoms. The molecule has 1 aromatic rings. The second-order valence-corrected chi connectivity index (χ2v) is 3.67. The van der Waals surface area contributed by atoms with Crippen molar-refractivity contribution in [1.29, 1.82) is 10.5 Å². The lowest BCUT2D eigenvalue weighted by molar-refractivity contribution is 0.613. The molecule has 1 aromatic heterocycles. The van der Waals surface area contributed by atoms with Crippen molar-refractivity contribution in [2.75, 3.05) is 0 Å². The smallest absolute Gasteiger partial charge is 0.268 e. The number of nitriles is 2. The van der Waals surface area contributed by atoms with Crippen molar-refractivity contribution in [3.8, 4) is 12.1 Å². The van der Waals surface area contributed by atoms with Crippen LogP contribution >= 0.6 is 0 Å². The number of rotatable bonds is 3. The van der Waals surface area contributed by atoms with E-state index in [1.54, 1.807) is 11.5 Å². The van der Waals surface area contributed by atoms with Crippen molar-refractivity contribution in [1.82, 2.24) is 4.57 Å². The summed E-state index contributed by atoms with van der Waals surface area (Å²) in [5, 5.41) is 17.3. The quantitative estimate of drug-likeness (QED) is 0.719. The first-order chi connectivity index (χ1) is 7.61. The van der Waals surface area contributed by atoms with Crippen molar-refractivity contribution in [2.24, 2.45) is 0 Å². The largest absolute Gasteiger partial charge is 0.312 e. The average molecular weight is 215 g/mol. The molecule has 0 saturated carbocycles. The van der Waals surface area contributed by atoms with Gasteiger partial charge in [0.1, 0.15) is 11.6 Å². The van der Waals surface area contributed by atoms with Gasteiger partial charge in [0.25, 0.3) is 5.56 Å². The second-order valence-electron chi connectivity index (χ2n) is 3.67. The summed E-state index contributed by atoms with van der Waals surface area (Å²) < 4.78 is 1.56. The molecule has 0 aliphatic carbocycles. The normalized spacial score (nSPS) is 9.50. The van der Waals surface area contributed by atoms with E-state index in [2.05, 4.69) is 0 Å². The predicted molar refractivity (Wildman–Crippen MR) is 59.7 cm³/mol. The molecular weight excluding hydrogens is 202 g/mol. The first kappa shape index (κ1) is 12.0. The van der Waals surface area contributed by atoms with Gasteiger partial charge < -0.3 is 4.57 Å². The standard InChI is InChI=1S/C12H13N3O/c1-9-7-10(2)15(6-4-3-5-13)12(16)11(9)8-14/h7H,3-4,6H2,1-2H3. The highest BCUT2D eigenvalue weighted by atomic mass is 16.1. The molecule has 82 valence electrons. The van der Waals surface area contributed by atoms with E-state index in [1.807, 2.05) is 25.1 Å². The van der Waals surface area contributed by atoms with Crippen molar-refractivity contribution >= 4 is 0 Å². The predicted octanol–water partition coefficient (Wildman–Crippen LogP) is 1.64. The third-order valence-electron chi connectivity index (χ3n) is 2.49. The number of unbranched alkanes of at least 4 members (excludes halogenated alkanes) is 1. The molecule has 0 fully saturated rings. The van der Waals surface area contributed by atoms with E-state index in [0.29, 0.717) is 24.9 Å². The van der Waals surface area contributed by atoms with Crippen LogP contribution < -0.4 is 5.56 Å². The summed E-state index contributed by atoms with van der Waals surface area (Å²) in [4.78, 5) is 11.9. The maximum Gasteiger partial charge on any atom is 0.268 e. The zero-order chi connectivity index (χ0) is 12.1. The van der Waals surface area contributed by atoms with Gasteiger partial charge in [-0.1, -0.05) is 0 Å². The maximum absolute atomic E-state index is 11.9. The van der Waals surface area contributed by atoms with Crippen LogP contribution in [0.4, 0.5) is 0 Å². The van der Waals surface area contributed by atoms with Gasteiger partial charge in [-0.05, 0) is 31.9 Å². The number of hydrogen-bond acceptors (Lipinski definition) is 3. The van der Waals surface area contributed by atoms with Crippen LogP contribution in [-0.4, -0.2) is 4.57 Å². The molecule has 0 radical (unpaired) electrons. The first-order valence-electron chi connectivity index (χ1n) is 5.10. The van der Waals surface area contributed by atoms with E-state index in [9.17, 15) is 4.79 Å². The molecule has 0 spiro atoms. The Balaban J connectivity index is 3.16. The molecule has 0 atom stereocenters. The molecule has 0 N–H and O–H groups in total. The molecule has 0 aliphatic rings.